The Morgan fingerprint density at radius 2 is 2.17 bits per heavy atom. The number of nitrogens with one attached hydrogen (secondary N) is 1. The molecule has 0 saturated carbocycles. The van der Waals surface area contributed by atoms with Crippen LogP contribution in [0.3, 0.4) is 0 Å². The number of carbonyl (C=O) groups excluding carboxylic acids is 2. The molecule has 0 bridgehead atoms. The van der Waals surface area contributed by atoms with E-state index in [4.69, 9.17) is 9.15 Å². The van der Waals surface area contributed by atoms with Crippen LogP contribution in [-0.2, 0) is 9.59 Å². The normalized spacial score (nSPS) is 16.3. The maximum Gasteiger partial charge on any atom is 0.322 e. The minimum Gasteiger partial charge on any atom is -0.497 e. The first-order chi connectivity index (χ1) is 13.9. The van der Waals surface area contributed by atoms with Gasteiger partial charge in [-0.1, -0.05) is 11.2 Å². The Morgan fingerprint density at radius 3 is 2.90 bits per heavy atom. The van der Waals surface area contributed by atoms with E-state index in [0.717, 1.165) is 15.6 Å². The molecule has 3 aromatic rings. The van der Waals surface area contributed by atoms with Crippen molar-refractivity contribution in [3.63, 3.8) is 0 Å². The van der Waals surface area contributed by atoms with Crippen LogP contribution < -0.4 is 15.0 Å². The fraction of sp³-hybridized carbons (Fsp3) is 0.316. The van der Waals surface area contributed by atoms with E-state index in [2.05, 4.69) is 20.5 Å². The summed E-state index contributed by atoms with van der Waals surface area (Å²) in [5, 5.41) is 11.4. The predicted octanol–water partition coefficient (Wildman–Crippen LogP) is 2.81. The fourth-order valence-corrected chi connectivity index (χ4v) is 4.05. The standard InChI is InChI=1S/C19H19N5O4S/c1-10-16(29-11(2)20-10)18-22-23-19(28-18)21-17(26)12-7-15(25)24(9-12)13-5-4-6-14(8-13)27-3/h4-6,8,12H,7,9H2,1-3H3,(H,21,23,26). The van der Waals surface area contributed by atoms with Crippen molar-refractivity contribution < 1.29 is 18.7 Å². The molecule has 1 saturated heterocycles. The van der Waals surface area contributed by atoms with Gasteiger partial charge in [-0.05, 0) is 26.0 Å². The lowest BCUT2D eigenvalue weighted by Crippen LogP contribution is -2.28. The molecule has 150 valence electrons. The summed E-state index contributed by atoms with van der Waals surface area (Å²) in [4.78, 5) is 31.7. The minimum absolute atomic E-state index is 0.00253. The topological polar surface area (TPSA) is 110 Å². The lowest BCUT2D eigenvalue weighted by atomic mass is 10.1. The molecular weight excluding hydrogens is 394 g/mol. The highest BCUT2D eigenvalue weighted by Gasteiger charge is 2.36. The Labute approximate surface area is 170 Å². The van der Waals surface area contributed by atoms with Crippen LogP contribution in [0.2, 0.25) is 0 Å². The van der Waals surface area contributed by atoms with E-state index in [1.54, 1.807) is 30.2 Å². The number of rotatable bonds is 5. The molecule has 0 radical (unpaired) electrons. The van der Waals surface area contributed by atoms with Gasteiger partial charge >= 0.3 is 6.01 Å². The zero-order valence-electron chi connectivity index (χ0n) is 16.1. The number of carbonyl (C=O) groups is 2. The second-order valence-electron chi connectivity index (χ2n) is 6.66. The van der Waals surface area contributed by atoms with Crippen molar-refractivity contribution in [3.05, 3.63) is 35.0 Å². The van der Waals surface area contributed by atoms with Gasteiger partial charge in [-0.25, -0.2) is 4.98 Å². The van der Waals surface area contributed by atoms with Gasteiger partial charge in [-0.3, -0.25) is 14.9 Å². The van der Waals surface area contributed by atoms with Gasteiger partial charge in [0.1, 0.15) is 10.6 Å². The molecule has 3 heterocycles. The average Bonchev–Trinajstić information content (AvgIpc) is 3.40. The van der Waals surface area contributed by atoms with Crippen molar-refractivity contribution in [2.75, 3.05) is 23.9 Å². The summed E-state index contributed by atoms with van der Waals surface area (Å²) in [7, 11) is 1.56. The summed E-state index contributed by atoms with van der Waals surface area (Å²) in [6, 6.07) is 7.18. The Kier molecular flexibility index (Phi) is 5.01. The molecule has 1 fully saturated rings. The summed E-state index contributed by atoms with van der Waals surface area (Å²) in [5.74, 6) is -0.0212. The molecule has 1 aromatic carbocycles. The monoisotopic (exact) mass is 413 g/mol. The van der Waals surface area contributed by atoms with E-state index in [0.29, 0.717) is 17.3 Å². The highest BCUT2D eigenvalue weighted by atomic mass is 32.1. The number of benzene rings is 1. The van der Waals surface area contributed by atoms with Crippen LogP contribution in [0.25, 0.3) is 10.8 Å². The Bertz CT molecular complexity index is 1080. The number of hydrogen-bond donors (Lipinski definition) is 1. The predicted molar refractivity (Wildman–Crippen MR) is 107 cm³/mol. The molecule has 2 amide bonds. The van der Waals surface area contributed by atoms with Gasteiger partial charge in [-0.15, -0.1) is 16.4 Å². The van der Waals surface area contributed by atoms with Gasteiger partial charge in [0.2, 0.25) is 11.8 Å². The first-order valence-corrected chi connectivity index (χ1v) is 9.79. The number of methoxy groups -OCH3 is 1. The van der Waals surface area contributed by atoms with Crippen molar-refractivity contribution in [3.8, 4) is 16.5 Å². The summed E-state index contributed by atoms with van der Waals surface area (Å²) < 4.78 is 10.8. The molecule has 1 atom stereocenters. The third-order valence-corrected chi connectivity index (χ3v) is 5.67. The van der Waals surface area contributed by atoms with Crippen molar-refractivity contribution in [2.45, 2.75) is 20.3 Å². The van der Waals surface area contributed by atoms with E-state index in [1.165, 1.54) is 11.3 Å². The van der Waals surface area contributed by atoms with Crippen LogP contribution in [0, 0.1) is 19.8 Å². The van der Waals surface area contributed by atoms with Crippen LogP contribution in [0.15, 0.2) is 28.7 Å². The third kappa shape index (κ3) is 3.83. The summed E-state index contributed by atoms with van der Waals surface area (Å²) in [6.45, 7) is 4.02. The van der Waals surface area contributed by atoms with E-state index < -0.39 is 5.92 Å². The van der Waals surface area contributed by atoms with E-state index >= 15 is 0 Å². The molecule has 0 aliphatic carbocycles. The van der Waals surface area contributed by atoms with Crippen molar-refractivity contribution in [2.24, 2.45) is 5.92 Å². The summed E-state index contributed by atoms with van der Waals surface area (Å²) in [5.41, 5.74) is 1.49. The SMILES string of the molecule is COc1cccc(N2CC(C(=O)Nc3nnc(-c4sc(C)nc4C)o3)CC2=O)c1. The van der Waals surface area contributed by atoms with Gasteiger partial charge in [0.05, 0.1) is 23.7 Å². The number of amides is 2. The maximum atomic E-state index is 12.6. The second-order valence-corrected chi connectivity index (χ2v) is 7.86. The molecule has 1 aliphatic rings. The lowest BCUT2D eigenvalue weighted by Gasteiger charge is -2.17. The number of ether oxygens (including phenoxy) is 1. The van der Waals surface area contributed by atoms with E-state index in [9.17, 15) is 9.59 Å². The van der Waals surface area contributed by atoms with Gasteiger partial charge in [-0.2, -0.15) is 0 Å². The molecule has 10 heteroatoms. The molecule has 9 nitrogen and oxygen atoms in total. The third-order valence-electron chi connectivity index (χ3n) is 4.61. The number of thiazole rings is 1. The zero-order valence-corrected chi connectivity index (χ0v) is 16.9. The maximum absolute atomic E-state index is 12.6. The summed E-state index contributed by atoms with van der Waals surface area (Å²) >= 11 is 1.44. The number of hydrogen-bond acceptors (Lipinski definition) is 8. The van der Waals surface area contributed by atoms with Crippen molar-refractivity contribution in [1.82, 2.24) is 15.2 Å². The van der Waals surface area contributed by atoms with Gasteiger partial charge in [0, 0.05) is 24.7 Å². The number of aryl methyl sites for hydroxylation is 2. The van der Waals surface area contributed by atoms with E-state index in [1.807, 2.05) is 19.9 Å². The molecule has 1 aliphatic heterocycles. The minimum atomic E-state index is -0.517. The lowest BCUT2D eigenvalue weighted by molar-refractivity contribution is -0.122. The van der Waals surface area contributed by atoms with Gasteiger partial charge in [0.25, 0.3) is 5.89 Å². The number of anilines is 2. The molecule has 4 rings (SSSR count). The zero-order chi connectivity index (χ0) is 20.5. The van der Waals surface area contributed by atoms with Crippen LogP contribution in [0.5, 0.6) is 5.75 Å². The Morgan fingerprint density at radius 1 is 1.34 bits per heavy atom. The van der Waals surface area contributed by atoms with Crippen LogP contribution in [-0.4, -0.2) is 40.7 Å². The van der Waals surface area contributed by atoms with E-state index in [-0.39, 0.29) is 30.8 Å². The van der Waals surface area contributed by atoms with Crippen LogP contribution >= 0.6 is 11.3 Å². The average molecular weight is 413 g/mol. The van der Waals surface area contributed by atoms with Crippen LogP contribution in [0.4, 0.5) is 11.7 Å². The Hall–Kier alpha value is -3.27. The number of aromatic nitrogens is 3. The highest BCUT2D eigenvalue weighted by molar-refractivity contribution is 7.15. The quantitative estimate of drug-likeness (QED) is 0.685. The smallest absolute Gasteiger partial charge is 0.322 e. The first-order valence-electron chi connectivity index (χ1n) is 8.98. The highest BCUT2D eigenvalue weighted by Crippen LogP contribution is 2.31. The van der Waals surface area contributed by atoms with Gasteiger partial charge in [0.15, 0.2) is 0 Å². The van der Waals surface area contributed by atoms with Crippen molar-refractivity contribution >= 4 is 34.9 Å². The first kappa shape index (κ1) is 19.1. The molecule has 29 heavy (non-hydrogen) atoms. The second kappa shape index (κ2) is 7.63. The molecule has 0 spiro atoms. The van der Waals surface area contributed by atoms with Crippen molar-refractivity contribution in [1.29, 1.82) is 0 Å². The Balaban J connectivity index is 1.44. The summed E-state index contributed by atoms with van der Waals surface area (Å²) in [6.07, 6.45) is 0.108. The van der Waals surface area contributed by atoms with Gasteiger partial charge < -0.3 is 14.1 Å². The molecular formula is C19H19N5O4S. The number of nitrogens with zero attached hydrogens (tertiary/aromatic N) is 4. The molecule has 1 N–H and O–H groups in total. The fourth-order valence-electron chi connectivity index (χ4n) is 3.21. The molecule has 2 aromatic heterocycles. The molecule has 1 unspecified atom stereocenters. The largest absolute Gasteiger partial charge is 0.497 e. The van der Waals surface area contributed by atoms with Crippen LogP contribution in [0.1, 0.15) is 17.1 Å².